The maximum Gasteiger partial charge on any atom is 0.332 e. The molecule has 1 aromatic carbocycles. The molecule has 3 heterocycles. The average Bonchev–Trinajstić information content (AvgIpc) is 3.08. The molecule has 1 aromatic heterocycles. The first-order chi connectivity index (χ1) is 12.4. The van der Waals surface area contributed by atoms with Crippen molar-refractivity contribution in [2.24, 2.45) is 0 Å². The zero-order valence-corrected chi connectivity index (χ0v) is 15.2. The summed E-state index contributed by atoms with van der Waals surface area (Å²) >= 11 is 11.9. The first-order valence-electron chi connectivity index (χ1n) is 8.18. The zero-order chi connectivity index (χ0) is 18.5. The van der Waals surface area contributed by atoms with E-state index in [1.54, 1.807) is 29.2 Å². The summed E-state index contributed by atoms with van der Waals surface area (Å²) in [6, 6.07) is 9.23. The van der Waals surface area contributed by atoms with Crippen molar-refractivity contribution in [2.45, 2.75) is 24.8 Å². The number of aromatic nitrogens is 1. The molecule has 3 amide bonds. The number of rotatable bonds is 3. The smallest absolute Gasteiger partial charge is 0.332 e. The number of benzene rings is 1. The molecule has 0 saturated carbocycles. The number of phenolic OH excluding ortho intramolecular Hbond substituents is 1. The summed E-state index contributed by atoms with van der Waals surface area (Å²) < 4.78 is 0. The fourth-order valence-electron chi connectivity index (χ4n) is 3.82. The molecule has 2 fully saturated rings. The molecule has 26 heavy (non-hydrogen) atoms. The summed E-state index contributed by atoms with van der Waals surface area (Å²) in [5.74, 6) is -0.127. The molecular formula is C18H15Cl2N3O3. The number of amides is 3. The highest BCUT2D eigenvalue weighted by molar-refractivity contribution is 6.33. The highest BCUT2D eigenvalue weighted by atomic mass is 35.5. The Bertz CT molecular complexity index is 883. The van der Waals surface area contributed by atoms with E-state index in [2.05, 4.69) is 4.98 Å². The Morgan fingerprint density at radius 3 is 2.42 bits per heavy atom. The van der Waals surface area contributed by atoms with Gasteiger partial charge in [0.1, 0.15) is 21.6 Å². The molecule has 2 aromatic rings. The second-order valence-corrected chi connectivity index (χ2v) is 7.30. The van der Waals surface area contributed by atoms with E-state index in [1.807, 2.05) is 0 Å². The van der Waals surface area contributed by atoms with Crippen LogP contribution in [0.4, 0.5) is 10.5 Å². The SMILES string of the molecule is O=C1N(c2cc(Cl)nc(Cl)c2)C(=O)C2(Cc3ccc(O)cc3)CCCN12. The Morgan fingerprint density at radius 1 is 1.12 bits per heavy atom. The lowest BCUT2D eigenvalue weighted by molar-refractivity contribution is -0.123. The molecular weight excluding hydrogens is 377 g/mol. The number of hydrogen-bond acceptors (Lipinski definition) is 4. The predicted octanol–water partition coefficient (Wildman–Crippen LogP) is 3.64. The lowest BCUT2D eigenvalue weighted by Crippen LogP contribution is -2.47. The van der Waals surface area contributed by atoms with Gasteiger partial charge in [0.2, 0.25) is 0 Å². The minimum absolute atomic E-state index is 0.118. The predicted molar refractivity (Wildman–Crippen MR) is 97.6 cm³/mol. The number of carbonyl (C=O) groups excluding carboxylic acids is 2. The van der Waals surface area contributed by atoms with Crippen molar-refractivity contribution in [3.63, 3.8) is 0 Å². The first-order valence-corrected chi connectivity index (χ1v) is 8.93. The fourth-order valence-corrected chi connectivity index (χ4v) is 4.26. The molecule has 0 aliphatic carbocycles. The summed E-state index contributed by atoms with van der Waals surface area (Å²) in [7, 11) is 0. The number of nitrogens with zero attached hydrogens (tertiary/aromatic N) is 3. The van der Waals surface area contributed by atoms with E-state index in [4.69, 9.17) is 23.2 Å². The van der Waals surface area contributed by atoms with Gasteiger partial charge in [0.15, 0.2) is 0 Å². The molecule has 0 radical (unpaired) electrons. The summed E-state index contributed by atoms with van der Waals surface area (Å²) in [5, 5.41) is 9.71. The average molecular weight is 392 g/mol. The largest absolute Gasteiger partial charge is 0.508 e. The van der Waals surface area contributed by atoms with E-state index in [9.17, 15) is 14.7 Å². The summed E-state index contributed by atoms with van der Waals surface area (Å²) in [6.07, 6.45) is 1.74. The van der Waals surface area contributed by atoms with Crippen LogP contribution in [0.5, 0.6) is 5.75 Å². The van der Waals surface area contributed by atoms with E-state index < -0.39 is 5.54 Å². The van der Waals surface area contributed by atoms with Crippen LogP contribution in [-0.2, 0) is 11.2 Å². The molecule has 8 heteroatoms. The maximum absolute atomic E-state index is 13.3. The van der Waals surface area contributed by atoms with Gasteiger partial charge in [-0.15, -0.1) is 0 Å². The number of pyridine rings is 1. The molecule has 4 rings (SSSR count). The van der Waals surface area contributed by atoms with Crippen LogP contribution < -0.4 is 4.90 Å². The minimum atomic E-state index is -0.920. The number of fused-ring (bicyclic) bond motifs is 1. The molecule has 1 atom stereocenters. The van der Waals surface area contributed by atoms with Crippen molar-refractivity contribution in [3.8, 4) is 5.75 Å². The number of aromatic hydroxyl groups is 1. The van der Waals surface area contributed by atoms with Crippen LogP contribution in [-0.4, -0.2) is 39.0 Å². The molecule has 1 unspecified atom stereocenters. The standard InChI is InChI=1S/C18H15Cl2N3O3/c19-14-8-12(9-15(20)21-14)23-16(25)18(6-1-7-22(18)17(23)26)10-11-2-4-13(24)5-3-11/h2-5,8-9,24H,1,6-7,10H2. The van der Waals surface area contributed by atoms with Crippen molar-refractivity contribution in [2.75, 3.05) is 11.4 Å². The Kier molecular flexibility index (Phi) is 4.04. The van der Waals surface area contributed by atoms with Crippen LogP contribution in [0.15, 0.2) is 36.4 Å². The van der Waals surface area contributed by atoms with Gasteiger partial charge < -0.3 is 10.0 Å². The van der Waals surface area contributed by atoms with Gasteiger partial charge in [0.05, 0.1) is 5.69 Å². The molecule has 0 bridgehead atoms. The minimum Gasteiger partial charge on any atom is -0.508 e. The Labute approximate surface area is 159 Å². The maximum atomic E-state index is 13.3. The lowest BCUT2D eigenvalue weighted by Gasteiger charge is -2.28. The van der Waals surface area contributed by atoms with Crippen LogP contribution >= 0.6 is 23.2 Å². The second kappa shape index (κ2) is 6.14. The normalized spacial score (nSPS) is 22.2. The van der Waals surface area contributed by atoms with Crippen molar-refractivity contribution in [1.29, 1.82) is 0 Å². The highest BCUT2D eigenvalue weighted by Crippen LogP contribution is 2.42. The van der Waals surface area contributed by atoms with E-state index in [0.717, 1.165) is 16.9 Å². The molecule has 0 spiro atoms. The van der Waals surface area contributed by atoms with Gasteiger partial charge in [-0.1, -0.05) is 35.3 Å². The van der Waals surface area contributed by atoms with Crippen LogP contribution in [0, 0.1) is 0 Å². The third kappa shape index (κ3) is 2.61. The topological polar surface area (TPSA) is 73.7 Å². The Balaban J connectivity index is 1.74. The van der Waals surface area contributed by atoms with Crippen LogP contribution in [0.1, 0.15) is 18.4 Å². The van der Waals surface area contributed by atoms with E-state index in [-0.39, 0.29) is 28.0 Å². The number of imide groups is 1. The van der Waals surface area contributed by atoms with Gasteiger partial charge >= 0.3 is 6.03 Å². The van der Waals surface area contributed by atoms with Gasteiger partial charge in [-0.3, -0.25) is 4.79 Å². The van der Waals surface area contributed by atoms with Gasteiger partial charge in [-0.05, 0) is 42.7 Å². The summed E-state index contributed by atoms with van der Waals surface area (Å²) in [5.41, 5.74) is 0.281. The highest BCUT2D eigenvalue weighted by Gasteiger charge is 2.59. The van der Waals surface area contributed by atoms with Gasteiger partial charge in [-0.25, -0.2) is 14.7 Å². The Morgan fingerprint density at radius 2 is 1.77 bits per heavy atom. The van der Waals surface area contributed by atoms with Crippen molar-refractivity contribution in [3.05, 3.63) is 52.3 Å². The van der Waals surface area contributed by atoms with Crippen molar-refractivity contribution >= 4 is 40.8 Å². The molecule has 2 saturated heterocycles. The Hall–Kier alpha value is -2.31. The number of halogens is 2. The van der Waals surface area contributed by atoms with Crippen molar-refractivity contribution in [1.82, 2.24) is 9.88 Å². The molecule has 6 nitrogen and oxygen atoms in total. The number of anilines is 1. The second-order valence-electron chi connectivity index (χ2n) is 6.52. The molecule has 1 N–H and O–H groups in total. The van der Waals surface area contributed by atoms with Crippen LogP contribution in [0.3, 0.4) is 0 Å². The number of urea groups is 1. The quantitative estimate of drug-likeness (QED) is 0.640. The molecule has 134 valence electrons. The van der Waals surface area contributed by atoms with Crippen LogP contribution in [0.25, 0.3) is 0 Å². The number of phenols is 1. The van der Waals surface area contributed by atoms with E-state index in [1.165, 1.54) is 12.1 Å². The number of hydrogen-bond donors (Lipinski definition) is 1. The summed E-state index contributed by atoms with van der Waals surface area (Å²) in [4.78, 5) is 32.9. The van der Waals surface area contributed by atoms with Gasteiger partial charge in [-0.2, -0.15) is 0 Å². The van der Waals surface area contributed by atoms with E-state index in [0.29, 0.717) is 25.1 Å². The molecule has 2 aliphatic rings. The third-order valence-electron chi connectivity index (χ3n) is 4.95. The lowest BCUT2D eigenvalue weighted by atomic mass is 9.88. The van der Waals surface area contributed by atoms with Crippen molar-refractivity contribution < 1.29 is 14.7 Å². The monoisotopic (exact) mass is 391 g/mol. The first kappa shape index (κ1) is 17.1. The third-order valence-corrected chi connectivity index (χ3v) is 5.34. The summed E-state index contributed by atoms with van der Waals surface area (Å²) in [6.45, 7) is 0.520. The van der Waals surface area contributed by atoms with Gasteiger partial charge in [0.25, 0.3) is 5.91 Å². The number of carbonyl (C=O) groups is 2. The molecule has 2 aliphatic heterocycles. The van der Waals surface area contributed by atoms with Crippen LogP contribution in [0.2, 0.25) is 10.3 Å². The van der Waals surface area contributed by atoms with Gasteiger partial charge in [0, 0.05) is 13.0 Å². The fraction of sp³-hybridized carbons (Fsp3) is 0.278. The van der Waals surface area contributed by atoms with E-state index >= 15 is 0 Å². The zero-order valence-electron chi connectivity index (χ0n) is 13.7.